The Morgan fingerprint density at radius 2 is 1.89 bits per heavy atom. The van der Waals surface area contributed by atoms with E-state index in [-0.39, 0.29) is 11.8 Å². The quantitative estimate of drug-likeness (QED) is 0.757. The van der Waals surface area contributed by atoms with Crippen molar-refractivity contribution in [2.24, 2.45) is 5.92 Å². The first-order valence-electron chi connectivity index (χ1n) is 9.57. The van der Waals surface area contributed by atoms with E-state index < -0.39 is 0 Å². The van der Waals surface area contributed by atoms with Crippen molar-refractivity contribution < 1.29 is 4.79 Å². The first kappa shape index (κ1) is 18.2. The second kappa shape index (κ2) is 7.80. The van der Waals surface area contributed by atoms with Gasteiger partial charge in [0.1, 0.15) is 0 Å². The summed E-state index contributed by atoms with van der Waals surface area (Å²) >= 11 is 0. The number of anilines is 2. The maximum atomic E-state index is 12.8. The number of rotatable bonds is 4. The summed E-state index contributed by atoms with van der Waals surface area (Å²) in [6.45, 7) is 5.53. The third-order valence-electron chi connectivity index (χ3n) is 5.02. The Balaban J connectivity index is 1.41. The highest BCUT2D eigenvalue weighted by molar-refractivity contribution is 5.93. The predicted octanol–water partition coefficient (Wildman–Crippen LogP) is 3.13. The zero-order chi connectivity index (χ0) is 19.5. The molecule has 1 saturated heterocycles. The second-order valence-corrected chi connectivity index (χ2v) is 7.21. The third kappa shape index (κ3) is 3.88. The molecule has 3 heterocycles. The van der Waals surface area contributed by atoms with Crippen LogP contribution < -0.4 is 10.2 Å². The molecular formula is C21H24N6O. The zero-order valence-electron chi connectivity index (χ0n) is 16.2. The molecule has 7 heteroatoms. The van der Waals surface area contributed by atoms with Crippen molar-refractivity contribution in [1.29, 1.82) is 0 Å². The van der Waals surface area contributed by atoms with Crippen LogP contribution in [-0.2, 0) is 4.79 Å². The molecule has 0 aliphatic carbocycles. The van der Waals surface area contributed by atoms with Gasteiger partial charge >= 0.3 is 0 Å². The lowest BCUT2D eigenvalue weighted by Crippen LogP contribution is -2.41. The van der Waals surface area contributed by atoms with Crippen LogP contribution in [0.15, 0.2) is 48.8 Å². The molecule has 144 valence electrons. The van der Waals surface area contributed by atoms with Crippen LogP contribution in [0.4, 0.5) is 11.6 Å². The number of hydrogen-bond acceptors (Lipinski definition) is 5. The van der Waals surface area contributed by atoms with Gasteiger partial charge in [-0.05, 0) is 63.1 Å². The highest BCUT2D eigenvalue weighted by Crippen LogP contribution is 2.22. The van der Waals surface area contributed by atoms with Gasteiger partial charge in [0.25, 0.3) is 0 Å². The van der Waals surface area contributed by atoms with Gasteiger partial charge in [-0.3, -0.25) is 4.79 Å². The number of carbonyl (C=O) groups excluding carboxylic acids is 1. The van der Waals surface area contributed by atoms with Gasteiger partial charge in [0, 0.05) is 36.9 Å². The Morgan fingerprint density at radius 3 is 2.57 bits per heavy atom. The fraction of sp³-hybridized carbons (Fsp3) is 0.333. The summed E-state index contributed by atoms with van der Waals surface area (Å²) in [5.74, 6) is 0.655. The van der Waals surface area contributed by atoms with E-state index in [1.807, 2.05) is 48.9 Å². The summed E-state index contributed by atoms with van der Waals surface area (Å²) in [5.41, 5.74) is 3.84. The van der Waals surface area contributed by atoms with Gasteiger partial charge in [-0.2, -0.15) is 5.10 Å². The lowest BCUT2D eigenvalue weighted by atomic mass is 9.97. The lowest BCUT2D eigenvalue weighted by molar-refractivity contribution is -0.120. The van der Waals surface area contributed by atoms with E-state index in [9.17, 15) is 4.79 Å². The number of aryl methyl sites for hydroxylation is 2. The smallest absolute Gasteiger partial charge is 0.229 e. The molecule has 1 N–H and O–H groups in total. The summed E-state index contributed by atoms with van der Waals surface area (Å²) in [5, 5.41) is 7.54. The summed E-state index contributed by atoms with van der Waals surface area (Å²) in [7, 11) is 0. The molecule has 4 rings (SSSR count). The number of amides is 1. The average molecular weight is 376 g/mol. The molecule has 1 amide bonds. The first-order chi connectivity index (χ1) is 13.6. The van der Waals surface area contributed by atoms with Crippen LogP contribution in [0.3, 0.4) is 0 Å². The lowest BCUT2D eigenvalue weighted by Gasteiger charge is -2.31. The van der Waals surface area contributed by atoms with E-state index in [1.165, 1.54) is 0 Å². The number of aromatic nitrogens is 4. The summed E-state index contributed by atoms with van der Waals surface area (Å²) in [6, 6.07) is 11.6. The van der Waals surface area contributed by atoms with Crippen molar-refractivity contribution in [2.75, 3.05) is 23.3 Å². The molecule has 0 saturated carbocycles. The normalized spacial score (nSPS) is 16.8. The van der Waals surface area contributed by atoms with E-state index in [1.54, 1.807) is 18.5 Å². The molecule has 28 heavy (non-hydrogen) atoms. The molecule has 0 spiro atoms. The maximum absolute atomic E-state index is 12.8. The van der Waals surface area contributed by atoms with Crippen LogP contribution in [0, 0.1) is 19.8 Å². The number of piperidine rings is 1. The maximum Gasteiger partial charge on any atom is 0.229 e. The highest BCUT2D eigenvalue weighted by atomic mass is 16.1. The Bertz CT molecular complexity index is 951. The van der Waals surface area contributed by atoms with Crippen molar-refractivity contribution in [3.05, 3.63) is 60.2 Å². The minimum absolute atomic E-state index is 0.0412. The van der Waals surface area contributed by atoms with Crippen LogP contribution in [0.5, 0.6) is 0 Å². The van der Waals surface area contributed by atoms with E-state index in [0.717, 1.165) is 42.1 Å². The number of hydrogen-bond donors (Lipinski definition) is 1. The van der Waals surface area contributed by atoms with Crippen LogP contribution in [0.1, 0.15) is 24.2 Å². The Morgan fingerprint density at radius 1 is 1.14 bits per heavy atom. The number of nitrogens with one attached hydrogen (secondary N) is 1. The summed E-state index contributed by atoms with van der Waals surface area (Å²) in [6.07, 6.45) is 5.29. The molecule has 1 atom stereocenters. The standard InChI is InChI=1S/C21H24N6O/c1-15-13-16(2)27(25-15)19-8-6-18(7-9-19)24-20(28)17-5-3-12-26(14-17)21-22-10-4-11-23-21/h4,6-11,13,17H,3,5,12,14H2,1-2H3,(H,24,28). The molecule has 1 aliphatic rings. The van der Waals surface area contributed by atoms with Gasteiger partial charge in [0.15, 0.2) is 0 Å². The van der Waals surface area contributed by atoms with E-state index in [2.05, 4.69) is 25.3 Å². The topological polar surface area (TPSA) is 75.9 Å². The van der Waals surface area contributed by atoms with Gasteiger partial charge in [-0.25, -0.2) is 14.6 Å². The van der Waals surface area contributed by atoms with E-state index in [4.69, 9.17) is 0 Å². The monoisotopic (exact) mass is 376 g/mol. The van der Waals surface area contributed by atoms with Gasteiger partial charge in [-0.1, -0.05) is 0 Å². The van der Waals surface area contributed by atoms with Crippen LogP contribution in [0.25, 0.3) is 5.69 Å². The van der Waals surface area contributed by atoms with Gasteiger partial charge < -0.3 is 10.2 Å². The number of carbonyl (C=O) groups is 1. The van der Waals surface area contributed by atoms with Crippen molar-refractivity contribution in [3.8, 4) is 5.69 Å². The van der Waals surface area contributed by atoms with Gasteiger partial charge in [-0.15, -0.1) is 0 Å². The Kier molecular flexibility index (Phi) is 5.06. The van der Waals surface area contributed by atoms with E-state index in [0.29, 0.717) is 12.5 Å². The molecule has 7 nitrogen and oxygen atoms in total. The van der Waals surface area contributed by atoms with Crippen molar-refractivity contribution in [1.82, 2.24) is 19.7 Å². The van der Waals surface area contributed by atoms with Crippen molar-refractivity contribution >= 4 is 17.5 Å². The number of benzene rings is 1. The molecule has 2 aromatic heterocycles. The Hall–Kier alpha value is -3.22. The molecule has 0 radical (unpaired) electrons. The molecular weight excluding hydrogens is 352 g/mol. The minimum atomic E-state index is -0.0757. The fourth-order valence-corrected chi connectivity index (χ4v) is 3.65. The Labute approximate surface area is 164 Å². The minimum Gasteiger partial charge on any atom is -0.340 e. The molecule has 1 unspecified atom stereocenters. The third-order valence-corrected chi connectivity index (χ3v) is 5.02. The van der Waals surface area contributed by atoms with Gasteiger partial charge in [0.05, 0.1) is 17.3 Å². The average Bonchev–Trinajstić information content (AvgIpc) is 3.07. The zero-order valence-corrected chi connectivity index (χ0v) is 16.2. The van der Waals surface area contributed by atoms with Gasteiger partial charge in [0.2, 0.25) is 11.9 Å². The van der Waals surface area contributed by atoms with Crippen LogP contribution in [0.2, 0.25) is 0 Å². The summed E-state index contributed by atoms with van der Waals surface area (Å²) < 4.78 is 1.90. The first-order valence-corrected chi connectivity index (χ1v) is 9.57. The molecule has 3 aromatic rings. The van der Waals surface area contributed by atoms with Crippen LogP contribution in [-0.4, -0.2) is 38.7 Å². The van der Waals surface area contributed by atoms with Crippen molar-refractivity contribution in [2.45, 2.75) is 26.7 Å². The largest absolute Gasteiger partial charge is 0.340 e. The number of nitrogens with zero attached hydrogens (tertiary/aromatic N) is 5. The van der Waals surface area contributed by atoms with Crippen LogP contribution >= 0.6 is 0 Å². The molecule has 1 aromatic carbocycles. The second-order valence-electron chi connectivity index (χ2n) is 7.21. The highest BCUT2D eigenvalue weighted by Gasteiger charge is 2.27. The molecule has 1 fully saturated rings. The summed E-state index contributed by atoms with van der Waals surface area (Å²) in [4.78, 5) is 23.4. The SMILES string of the molecule is Cc1cc(C)n(-c2ccc(NC(=O)C3CCCN(c4ncccn4)C3)cc2)n1. The molecule has 0 bridgehead atoms. The van der Waals surface area contributed by atoms with Crippen molar-refractivity contribution in [3.63, 3.8) is 0 Å². The molecule has 1 aliphatic heterocycles. The predicted molar refractivity (Wildman–Crippen MR) is 109 cm³/mol. The van der Waals surface area contributed by atoms with E-state index >= 15 is 0 Å². The fourth-order valence-electron chi connectivity index (χ4n) is 3.65.